The molecule has 0 bridgehead atoms. The second kappa shape index (κ2) is 8.05. The van der Waals surface area contributed by atoms with Gasteiger partial charge >= 0.3 is 5.69 Å². The largest absolute Gasteiger partial charge is 0.508 e. The van der Waals surface area contributed by atoms with Crippen molar-refractivity contribution in [1.29, 1.82) is 0 Å². The summed E-state index contributed by atoms with van der Waals surface area (Å²) in [5.41, 5.74) is 3.55. The van der Waals surface area contributed by atoms with Crippen LogP contribution in [-0.4, -0.2) is 19.5 Å². The fraction of sp³-hybridized carbons (Fsp3) is 0.391. The van der Waals surface area contributed by atoms with Crippen molar-refractivity contribution < 1.29 is 5.11 Å². The molecule has 0 unspecified atom stereocenters. The summed E-state index contributed by atoms with van der Waals surface area (Å²) in [5.74, 6) is 1.08. The van der Waals surface area contributed by atoms with Crippen LogP contribution >= 0.6 is 0 Å². The summed E-state index contributed by atoms with van der Waals surface area (Å²) in [6.07, 6.45) is 2.52. The number of nitrogens with zero attached hydrogens (tertiary/aromatic N) is 3. The van der Waals surface area contributed by atoms with Crippen molar-refractivity contribution in [3.8, 4) is 5.75 Å². The van der Waals surface area contributed by atoms with Gasteiger partial charge < -0.3 is 5.11 Å². The first-order chi connectivity index (χ1) is 13.2. The Labute approximate surface area is 166 Å². The molecular formula is C23H29N3O2. The summed E-state index contributed by atoms with van der Waals surface area (Å²) in [5, 5.41) is 13.9. The van der Waals surface area contributed by atoms with Crippen molar-refractivity contribution >= 4 is 0 Å². The molecule has 0 atom stereocenters. The van der Waals surface area contributed by atoms with Crippen molar-refractivity contribution in [3.63, 3.8) is 0 Å². The van der Waals surface area contributed by atoms with E-state index in [0.717, 1.165) is 30.7 Å². The number of rotatable bonds is 6. The van der Waals surface area contributed by atoms with Gasteiger partial charge in [-0.2, -0.15) is 5.10 Å². The van der Waals surface area contributed by atoms with Crippen LogP contribution in [-0.2, 0) is 31.8 Å². The summed E-state index contributed by atoms with van der Waals surface area (Å²) in [6.45, 7) is 7.05. The molecule has 0 saturated carbocycles. The van der Waals surface area contributed by atoms with E-state index in [2.05, 4.69) is 50.1 Å². The quantitative estimate of drug-likeness (QED) is 0.708. The smallest absolute Gasteiger partial charge is 0.345 e. The minimum absolute atomic E-state index is 0.0838. The molecule has 0 fully saturated rings. The lowest BCUT2D eigenvalue weighted by atomic mass is 9.87. The predicted molar refractivity (Wildman–Crippen MR) is 112 cm³/mol. The number of phenols is 1. The van der Waals surface area contributed by atoms with Gasteiger partial charge in [0.2, 0.25) is 0 Å². The first kappa shape index (κ1) is 19.9. The van der Waals surface area contributed by atoms with Gasteiger partial charge in [0.25, 0.3) is 0 Å². The fourth-order valence-electron chi connectivity index (χ4n) is 3.25. The van der Waals surface area contributed by atoms with Gasteiger partial charge in [-0.15, -0.1) is 0 Å². The molecule has 3 aromatic rings. The van der Waals surface area contributed by atoms with E-state index < -0.39 is 0 Å². The van der Waals surface area contributed by atoms with Crippen LogP contribution in [0.4, 0.5) is 0 Å². The molecule has 1 N–H and O–H groups in total. The zero-order valence-electron chi connectivity index (χ0n) is 17.1. The zero-order valence-corrected chi connectivity index (χ0v) is 17.1. The van der Waals surface area contributed by atoms with Crippen molar-refractivity contribution in [1.82, 2.24) is 14.3 Å². The van der Waals surface area contributed by atoms with Crippen LogP contribution in [0.3, 0.4) is 0 Å². The van der Waals surface area contributed by atoms with Crippen molar-refractivity contribution in [3.05, 3.63) is 81.5 Å². The Hall–Kier alpha value is -2.82. The second-order valence-electron chi connectivity index (χ2n) is 8.38. The van der Waals surface area contributed by atoms with Gasteiger partial charge in [-0.3, -0.25) is 4.57 Å². The standard InChI is InChI=1S/C23H29N3O2/c1-23(2,3)19-12-8-18(9-13-19)16-26-22(28)25(4)21(24-26)7-5-6-17-10-14-20(27)15-11-17/h8-15,27H,5-7,16H2,1-4H3. The van der Waals surface area contributed by atoms with Crippen molar-refractivity contribution in [2.75, 3.05) is 0 Å². The highest BCUT2D eigenvalue weighted by atomic mass is 16.3. The predicted octanol–water partition coefficient (Wildman–Crippen LogP) is 3.81. The normalized spacial score (nSPS) is 11.7. The lowest BCUT2D eigenvalue weighted by Gasteiger charge is -2.19. The number of aryl methyl sites for hydroxylation is 2. The Morgan fingerprint density at radius 1 is 0.929 bits per heavy atom. The molecule has 0 radical (unpaired) electrons. The highest BCUT2D eigenvalue weighted by Crippen LogP contribution is 2.22. The maximum Gasteiger partial charge on any atom is 0.345 e. The van der Waals surface area contributed by atoms with E-state index >= 15 is 0 Å². The molecule has 5 heteroatoms. The molecule has 3 rings (SSSR count). The zero-order chi connectivity index (χ0) is 20.3. The Bertz CT molecular complexity index is 975. The molecular weight excluding hydrogens is 350 g/mol. The monoisotopic (exact) mass is 379 g/mol. The molecule has 148 valence electrons. The molecule has 0 aliphatic carbocycles. The maximum atomic E-state index is 12.5. The highest BCUT2D eigenvalue weighted by molar-refractivity contribution is 5.28. The van der Waals surface area contributed by atoms with Crippen LogP contribution in [0.15, 0.2) is 53.3 Å². The molecule has 0 aliphatic rings. The third kappa shape index (κ3) is 4.71. The second-order valence-corrected chi connectivity index (χ2v) is 8.38. The molecule has 0 saturated heterocycles. The summed E-state index contributed by atoms with van der Waals surface area (Å²) >= 11 is 0. The molecule has 1 heterocycles. The van der Waals surface area contributed by atoms with Gasteiger partial charge in [0, 0.05) is 13.5 Å². The van der Waals surface area contributed by atoms with E-state index in [1.165, 1.54) is 11.1 Å². The highest BCUT2D eigenvalue weighted by Gasteiger charge is 2.14. The lowest BCUT2D eigenvalue weighted by Crippen LogP contribution is -2.24. The third-order valence-corrected chi connectivity index (χ3v) is 5.09. The Morgan fingerprint density at radius 2 is 1.54 bits per heavy atom. The van der Waals surface area contributed by atoms with E-state index in [9.17, 15) is 9.90 Å². The fourth-order valence-corrected chi connectivity index (χ4v) is 3.25. The molecule has 1 aromatic heterocycles. The van der Waals surface area contributed by atoms with Crippen LogP contribution in [0, 0.1) is 0 Å². The van der Waals surface area contributed by atoms with Gasteiger partial charge in [-0.25, -0.2) is 9.48 Å². The van der Waals surface area contributed by atoms with Crippen LogP contribution in [0.1, 0.15) is 49.7 Å². The first-order valence-corrected chi connectivity index (χ1v) is 9.74. The van der Waals surface area contributed by atoms with Crippen molar-refractivity contribution in [2.45, 2.75) is 52.0 Å². The van der Waals surface area contributed by atoms with E-state index in [1.807, 2.05) is 12.1 Å². The van der Waals surface area contributed by atoms with Crippen LogP contribution in [0.25, 0.3) is 0 Å². The summed E-state index contributed by atoms with van der Waals surface area (Å²) in [6, 6.07) is 15.7. The molecule has 0 aliphatic heterocycles. The van der Waals surface area contributed by atoms with E-state index in [-0.39, 0.29) is 16.9 Å². The van der Waals surface area contributed by atoms with Gasteiger partial charge in [0.1, 0.15) is 11.6 Å². The van der Waals surface area contributed by atoms with Crippen LogP contribution in [0.5, 0.6) is 5.75 Å². The SMILES string of the molecule is Cn1c(CCCc2ccc(O)cc2)nn(Cc2ccc(C(C)(C)C)cc2)c1=O. The van der Waals surface area contributed by atoms with E-state index in [0.29, 0.717) is 6.54 Å². The van der Waals surface area contributed by atoms with E-state index in [4.69, 9.17) is 0 Å². The lowest BCUT2D eigenvalue weighted by molar-refractivity contribution is 0.475. The Kier molecular flexibility index (Phi) is 5.73. The van der Waals surface area contributed by atoms with Gasteiger partial charge in [-0.05, 0) is 47.1 Å². The molecule has 2 aromatic carbocycles. The minimum atomic E-state index is -0.0838. The number of phenolic OH excluding ortho intramolecular Hbond substituents is 1. The Balaban J connectivity index is 1.65. The average molecular weight is 380 g/mol. The summed E-state index contributed by atoms with van der Waals surface area (Å²) in [7, 11) is 1.78. The van der Waals surface area contributed by atoms with Crippen LogP contribution in [0.2, 0.25) is 0 Å². The number of hydrogen-bond donors (Lipinski definition) is 1. The number of hydrogen-bond acceptors (Lipinski definition) is 3. The van der Waals surface area contributed by atoms with Gasteiger partial charge in [0.15, 0.2) is 0 Å². The number of aromatic nitrogens is 3. The summed E-state index contributed by atoms with van der Waals surface area (Å²) < 4.78 is 3.18. The maximum absolute atomic E-state index is 12.5. The summed E-state index contributed by atoms with van der Waals surface area (Å²) in [4.78, 5) is 12.5. The average Bonchev–Trinajstić information content (AvgIpc) is 2.91. The third-order valence-electron chi connectivity index (χ3n) is 5.09. The molecule has 5 nitrogen and oxygen atoms in total. The molecule has 28 heavy (non-hydrogen) atoms. The topological polar surface area (TPSA) is 60.0 Å². The number of benzene rings is 2. The van der Waals surface area contributed by atoms with E-state index in [1.54, 1.807) is 28.4 Å². The minimum Gasteiger partial charge on any atom is -0.508 e. The molecule has 0 spiro atoms. The Morgan fingerprint density at radius 3 is 2.14 bits per heavy atom. The van der Waals surface area contributed by atoms with Crippen LogP contribution < -0.4 is 5.69 Å². The van der Waals surface area contributed by atoms with Crippen molar-refractivity contribution in [2.24, 2.45) is 7.05 Å². The van der Waals surface area contributed by atoms with Gasteiger partial charge in [-0.1, -0.05) is 57.2 Å². The molecule has 0 amide bonds. The first-order valence-electron chi connectivity index (χ1n) is 9.74. The number of aromatic hydroxyl groups is 1. The van der Waals surface area contributed by atoms with Gasteiger partial charge in [0.05, 0.1) is 6.54 Å².